The Morgan fingerprint density at radius 1 is 0.857 bits per heavy atom. The van der Waals surface area contributed by atoms with Gasteiger partial charge in [-0.1, -0.05) is 58.8 Å². The van der Waals surface area contributed by atoms with Crippen LogP contribution in [0.15, 0.2) is 0 Å². The minimum absolute atomic E-state index is 0.0484. The molecule has 164 valence electrons. The van der Waals surface area contributed by atoms with E-state index in [0.717, 1.165) is 44.9 Å². The maximum Gasteiger partial charge on any atom is 0.337 e. The zero-order chi connectivity index (χ0) is 21.4. The first-order valence-corrected chi connectivity index (χ1v) is 10.2. The van der Waals surface area contributed by atoms with E-state index in [1.165, 1.54) is 0 Å². The van der Waals surface area contributed by atoms with Crippen molar-refractivity contribution in [1.29, 1.82) is 0 Å². The molecule has 0 amide bonds. The van der Waals surface area contributed by atoms with Crippen LogP contribution in [0.2, 0.25) is 0 Å². The van der Waals surface area contributed by atoms with Crippen molar-refractivity contribution in [1.82, 2.24) is 0 Å². The average molecular weight is 405 g/mol. The quantitative estimate of drug-likeness (QED) is 0.235. The first-order chi connectivity index (χ1) is 13.3. The molecule has 0 bridgehead atoms. The van der Waals surface area contributed by atoms with Crippen LogP contribution in [-0.2, 0) is 23.9 Å². The van der Waals surface area contributed by atoms with Gasteiger partial charge in [0.2, 0.25) is 0 Å². The van der Waals surface area contributed by atoms with Crippen LogP contribution in [-0.4, -0.2) is 58.6 Å². The smallest absolute Gasteiger partial charge is 0.337 e. The lowest BCUT2D eigenvalue weighted by Crippen LogP contribution is -2.51. The number of carboxylic acid groups (broad SMARTS) is 2. The van der Waals surface area contributed by atoms with Crippen molar-refractivity contribution in [3.05, 3.63) is 0 Å². The van der Waals surface area contributed by atoms with Gasteiger partial charge < -0.3 is 24.8 Å². The van der Waals surface area contributed by atoms with E-state index in [1.54, 1.807) is 0 Å². The third-order valence-corrected chi connectivity index (χ3v) is 4.61. The van der Waals surface area contributed by atoms with Gasteiger partial charge in [0, 0.05) is 6.61 Å². The summed E-state index contributed by atoms with van der Waals surface area (Å²) in [6.07, 6.45) is 6.32. The molecule has 0 saturated carbocycles. The van der Waals surface area contributed by atoms with E-state index in [-0.39, 0.29) is 19.6 Å². The van der Waals surface area contributed by atoms with E-state index in [9.17, 15) is 24.6 Å². The highest BCUT2D eigenvalue weighted by Crippen LogP contribution is 2.29. The standard InChI is InChI=1S/C20H36O8/c1-3-5-7-9-11-16(20(26,19(24)25)15-17(21)22)18(23)28-14-13-27-12-10-8-6-4-2/h16,26H,3-15H2,1-2H3,(H,21,22)(H,24,25). The molecule has 0 aromatic rings. The van der Waals surface area contributed by atoms with Crippen molar-refractivity contribution < 1.29 is 39.2 Å². The Hall–Kier alpha value is -1.67. The second kappa shape index (κ2) is 15.3. The Labute approximate surface area is 167 Å². The van der Waals surface area contributed by atoms with E-state index < -0.39 is 35.8 Å². The zero-order valence-electron chi connectivity index (χ0n) is 17.2. The third kappa shape index (κ3) is 10.6. The van der Waals surface area contributed by atoms with Gasteiger partial charge in [-0.25, -0.2) is 4.79 Å². The molecular formula is C20H36O8. The van der Waals surface area contributed by atoms with Gasteiger partial charge in [-0.3, -0.25) is 9.59 Å². The van der Waals surface area contributed by atoms with E-state index in [0.29, 0.717) is 13.0 Å². The molecule has 0 aliphatic heterocycles. The SMILES string of the molecule is CCCCCCOCCOC(=O)C(CCCCCC)C(O)(CC(=O)O)C(=O)O. The zero-order valence-corrected chi connectivity index (χ0v) is 17.2. The molecule has 3 N–H and O–H groups in total. The summed E-state index contributed by atoms with van der Waals surface area (Å²) in [4.78, 5) is 35.0. The van der Waals surface area contributed by atoms with Crippen LogP contribution in [0.1, 0.15) is 78.1 Å². The number of unbranched alkanes of at least 4 members (excludes halogenated alkanes) is 6. The largest absolute Gasteiger partial charge is 0.481 e. The highest BCUT2D eigenvalue weighted by atomic mass is 16.6. The number of carboxylic acids is 2. The molecule has 0 radical (unpaired) electrons. The van der Waals surface area contributed by atoms with Gasteiger partial charge in [-0.15, -0.1) is 0 Å². The van der Waals surface area contributed by atoms with Crippen LogP contribution in [0.4, 0.5) is 0 Å². The fourth-order valence-corrected chi connectivity index (χ4v) is 2.94. The predicted molar refractivity (Wildman–Crippen MR) is 103 cm³/mol. The second-order valence-electron chi connectivity index (χ2n) is 7.04. The van der Waals surface area contributed by atoms with Crippen LogP contribution in [0, 0.1) is 5.92 Å². The molecule has 8 heteroatoms. The summed E-state index contributed by atoms with van der Waals surface area (Å²) in [6.45, 7) is 4.77. The van der Waals surface area contributed by atoms with Gasteiger partial charge in [0.05, 0.1) is 18.9 Å². The fourth-order valence-electron chi connectivity index (χ4n) is 2.94. The summed E-state index contributed by atoms with van der Waals surface area (Å²) in [5, 5.41) is 28.8. The molecule has 0 aromatic carbocycles. The van der Waals surface area contributed by atoms with Gasteiger partial charge in [-0.05, 0) is 12.8 Å². The molecule has 0 aliphatic rings. The molecule has 0 aliphatic carbocycles. The van der Waals surface area contributed by atoms with Gasteiger partial charge >= 0.3 is 17.9 Å². The highest BCUT2D eigenvalue weighted by molar-refractivity contribution is 5.90. The Balaban J connectivity index is 4.73. The molecule has 0 spiro atoms. The Morgan fingerprint density at radius 2 is 1.46 bits per heavy atom. The first-order valence-electron chi connectivity index (χ1n) is 10.2. The Kier molecular flexibility index (Phi) is 14.4. The molecule has 2 atom stereocenters. The highest BCUT2D eigenvalue weighted by Gasteiger charge is 2.50. The Bertz CT molecular complexity index is 465. The van der Waals surface area contributed by atoms with Crippen molar-refractivity contribution in [2.45, 2.75) is 83.7 Å². The van der Waals surface area contributed by atoms with Crippen molar-refractivity contribution in [2.75, 3.05) is 19.8 Å². The summed E-state index contributed by atoms with van der Waals surface area (Å²) in [7, 11) is 0. The van der Waals surface area contributed by atoms with Crippen molar-refractivity contribution >= 4 is 17.9 Å². The van der Waals surface area contributed by atoms with Crippen molar-refractivity contribution in [3.8, 4) is 0 Å². The summed E-state index contributed by atoms with van der Waals surface area (Å²) in [6, 6.07) is 0. The third-order valence-electron chi connectivity index (χ3n) is 4.61. The number of aliphatic hydroxyl groups is 1. The maximum atomic E-state index is 12.4. The predicted octanol–water partition coefficient (Wildman–Crippen LogP) is 3.00. The number of hydrogen-bond acceptors (Lipinski definition) is 6. The van der Waals surface area contributed by atoms with Crippen LogP contribution < -0.4 is 0 Å². The molecule has 8 nitrogen and oxygen atoms in total. The molecule has 0 saturated heterocycles. The number of esters is 1. The molecule has 0 rings (SSSR count). The minimum Gasteiger partial charge on any atom is -0.481 e. The number of rotatable bonds is 18. The number of aliphatic carboxylic acids is 2. The van der Waals surface area contributed by atoms with Crippen LogP contribution in [0.3, 0.4) is 0 Å². The van der Waals surface area contributed by atoms with Gasteiger partial charge in [0.15, 0.2) is 5.60 Å². The minimum atomic E-state index is -2.70. The van der Waals surface area contributed by atoms with E-state index >= 15 is 0 Å². The summed E-state index contributed by atoms with van der Waals surface area (Å²) < 4.78 is 10.5. The molecular weight excluding hydrogens is 368 g/mol. The summed E-state index contributed by atoms with van der Waals surface area (Å²) >= 11 is 0. The molecule has 0 heterocycles. The monoisotopic (exact) mass is 404 g/mol. The number of ether oxygens (including phenoxy) is 2. The molecule has 0 fully saturated rings. The van der Waals surface area contributed by atoms with Crippen LogP contribution in [0.25, 0.3) is 0 Å². The van der Waals surface area contributed by atoms with Gasteiger partial charge in [0.1, 0.15) is 6.61 Å². The Morgan fingerprint density at radius 3 is 2.00 bits per heavy atom. The molecule has 0 aromatic heterocycles. The second-order valence-corrected chi connectivity index (χ2v) is 7.04. The number of carbonyl (C=O) groups is 3. The maximum absolute atomic E-state index is 12.4. The van der Waals surface area contributed by atoms with Crippen LogP contribution in [0.5, 0.6) is 0 Å². The lowest BCUT2D eigenvalue weighted by Gasteiger charge is -2.29. The topological polar surface area (TPSA) is 130 Å². The van der Waals surface area contributed by atoms with E-state index in [2.05, 4.69) is 6.92 Å². The normalized spacial score (nSPS) is 14.2. The van der Waals surface area contributed by atoms with E-state index in [4.69, 9.17) is 14.6 Å². The fraction of sp³-hybridized carbons (Fsp3) is 0.850. The van der Waals surface area contributed by atoms with Crippen molar-refractivity contribution in [3.63, 3.8) is 0 Å². The number of hydrogen-bond donors (Lipinski definition) is 3. The van der Waals surface area contributed by atoms with Crippen molar-refractivity contribution in [2.24, 2.45) is 5.92 Å². The number of carbonyl (C=O) groups excluding carboxylic acids is 1. The average Bonchev–Trinajstić information content (AvgIpc) is 2.62. The lowest BCUT2D eigenvalue weighted by molar-refractivity contribution is -0.182. The molecule has 28 heavy (non-hydrogen) atoms. The lowest BCUT2D eigenvalue weighted by atomic mass is 9.81. The first kappa shape index (κ1) is 26.3. The van der Waals surface area contributed by atoms with Gasteiger partial charge in [0.25, 0.3) is 0 Å². The summed E-state index contributed by atoms with van der Waals surface area (Å²) in [5.74, 6) is -5.58. The van der Waals surface area contributed by atoms with E-state index in [1.807, 2.05) is 6.92 Å². The summed E-state index contributed by atoms with van der Waals surface area (Å²) in [5.41, 5.74) is -2.70. The van der Waals surface area contributed by atoms with Crippen LogP contribution >= 0.6 is 0 Å². The van der Waals surface area contributed by atoms with Gasteiger partial charge in [-0.2, -0.15) is 0 Å². The molecule has 2 unspecified atom stereocenters.